The smallest absolute Gasteiger partial charge is 0.177 e. The highest BCUT2D eigenvalue weighted by molar-refractivity contribution is 7.99. The van der Waals surface area contributed by atoms with Crippen molar-refractivity contribution >= 4 is 29.1 Å². The van der Waals surface area contributed by atoms with Gasteiger partial charge in [0, 0.05) is 29.2 Å². The van der Waals surface area contributed by atoms with Gasteiger partial charge >= 0.3 is 0 Å². The SMILES string of the molecule is COc1c(CO)cc(Cl)cc1SCNc1ccc(F)c(C#Cc2cnc(-c3ccn[nH]3)nc2)c1F. The topological polar surface area (TPSA) is 96.0 Å². The van der Waals surface area contributed by atoms with Crippen molar-refractivity contribution in [1.29, 1.82) is 0 Å². The Labute approximate surface area is 208 Å². The molecule has 11 heteroatoms. The number of hydrogen-bond acceptors (Lipinski definition) is 7. The Balaban J connectivity index is 1.49. The molecule has 0 radical (unpaired) electrons. The van der Waals surface area contributed by atoms with Crippen LogP contribution in [0.4, 0.5) is 14.5 Å². The number of aliphatic hydroxyl groups is 1. The molecule has 0 unspecified atom stereocenters. The van der Waals surface area contributed by atoms with Crippen LogP contribution in [-0.2, 0) is 6.61 Å². The van der Waals surface area contributed by atoms with Gasteiger partial charge in [-0.05, 0) is 30.3 Å². The van der Waals surface area contributed by atoms with Crippen LogP contribution in [-0.4, -0.2) is 38.3 Å². The zero-order chi connectivity index (χ0) is 24.8. The Hall–Kier alpha value is -3.65. The van der Waals surface area contributed by atoms with Gasteiger partial charge in [-0.3, -0.25) is 5.10 Å². The average Bonchev–Trinajstić information content (AvgIpc) is 3.40. The van der Waals surface area contributed by atoms with Gasteiger partial charge in [-0.25, -0.2) is 18.7 Å². The molecule has 35 heavy (non-hydrogen) atoms. The number of H-pyrrole nitrogens is 1. The lowest BCUT2D eigenvalue weighted by atomic mass is 10.1. The standard InChI is InChI=1S/C24H18ClF2N5O2S/c1-34-23-15(12-33)8-16(25)9-21(23)35-13-30-19-5-4-18(26)17(22(19)27)3-2-14-10-28-24(29-11-14)20-6-7-31-32-20/h4-11,30,33H,12-13H2,1H3,(H,31,32). The van der Waals surface area contributed by atoms with E-state index in [2.05, 4.69) is 37.3 Å². The fourth-order valence-corrected chi connectivity index (χ4v) is 4.37. The third-order valence-electron chi connectivity index (χ3n) is 4.78. The number of benzene rings is 2. The molecule has 2 heterocycles. The molecule has 7 nitrogen and oxygen atoms in total. The minimum Gasteiger partial charge on any atom is -0.495 e. The summed E-state index contributed by atoms with van der Waals surface area (Å²) in [6.45, 7) is -0.240. The molecule has 2 aromatic carbocycles. The number of nitrogens with one attached hydrogen (secondary N) is 2. The summed E-state index contributed by atoms with van der Waals surface area (Å²) in [7, 11) is 1.49. The van der Waals surface area contributed by atoms with Crippen LogP contribution in [0.25, 0.3) is 11.5 Å². The first-order valence-electron chi connectivity index (χ1n) is 10.2. The summed E-state index contributed by atoms with van der Waals surface area (Å²) in [6.07, 6.45) is 4.50. The van der Waals surface area contributed by atoms with Gasteiger partial charge < -0.3 is 15.2 Å². The van der Waals surface area contributed by atoms with E-state index in [1.807, 2.05) is 0 Å². The number of thioether (sulfide) groups is 1. The molecule has 0 fully saturated rings. The molecule has 0 saturated carbocycles. The quantitative estimate of drug-likeness (QED) is 0.184. The van der Waals surface area contributed by atoms with E-state index in [1.54, 1.807) is 24.4 Å². The second kappa shape index (κ2) is 11.2. The van der Waals surface area contributed by atoms with Crippen LogP contribution in [0.3, 0.4) is 0 Å². The monoisotopic (exact) mass is 513 g/mol. The fraction of sp³-hybridized carbons (Fsp3) is 0.125. The number of rotatable bonds is 7. The Morgan fingerprint density at radius 1 is 1.17 bits per heavy atom. The summed E-state index contributed by atoms with van der Waals surface area (Å²) in [5.74, 6) is 4.75. The van der Waals surface area contributed by atoms with Gasteiger partial charge in [0.25, 0.3) is 0 Å². The molecule has 4 rings (SSSR count). The molecule has 0 bridgehead atoms. The van der Waals surface area contributed by atoms with Crippen LogP contribution >= 0.6 is 23.4 Å². The van der Waals surface area contributed by atoms with Gasteiger partial charge in [-0.2, -0.15) is 5.10 Å². The van der Waals surface area contributed by atoms with Crippen LogP contribution < -0.4 is 10.1 Å². The number of ether oxygens (including phenoxy) is 1. The number of aromatic nitrogens is 4. The van der Waals surface area contributed by atoms with Crippen LogP contribution in [0.1, 0.15) is 16.7 Å². The first kappa shape index (κ1) is 24.5. The molecule has 0 aliphatic heterocycles. The van der Waals surface area contributed by atoms with Gasteiger partial charge in [-0.15, -0.1) is 11.8 Å². The van der Waals surface area contributed by atoms with Gasteiger partial charge in [0.05, 0.1) is 41.3 Å². The van der Waals surface area contributed by atoms with Gasteiger partial charge in [0.15, 0.2) is 11.6 Å². The highest BCUT2D eigenvalue weighted by Gasteiger charge is 2.14. The number of anilines is 1. The Bertz CT molecular complexity index is 1390. The van der Waals surface area contributed by atoms with E-state index in [1.165, 1.54) is 37.3 Å². The minimum absolute atomic E-state index is 0.0809. The Morgan fingerprint density at radius 2 is 1.97 bits per heavy atom. The molecular formula is C24H18ClF2N5O2S. The summed E-state index contributed by atoms with van der Waals surface area (Å²) in [6, 6.07) is 7.45. The minimum atomic E-state index is -0.817. The molecule has 0 saturated heterocycles. The van der Waals surface area contributed by atoms with Crippen molar-refractivity contribution in [2.45, 2.75) is 11.5 Å². The first-order chi connectivity index (χ1) is 17.0. The van der Waals surface area contributed by atoms with Crippen molar-refractivity contribution < 1.29 is 18.6 Å². The average molecular weight is 514 g/mol. The summed E-state index contributed by atoms with van der Waals surface area (Å²) < 4.78 is 34.7. The van der Waals surface area contributed by atoms with Gasteiger partial charge in [0.1, 0.15) is 17.3 Å². The zero-order valence-corrected chi connectivity index (χ0v) is 19.8. The Kier molecular flexibility index (Phi) is 7.82. The van der Waals surface area contributed by atoms with Crippen molar-refractivity contribution in [2.24, 2.45) is 0 Å². The zero-order valence-electron chi connectivity index (χ0n) is 18.3. The second-order valence-corrected chi connectivity index (χ2v) is 8.47. The molecule has 4 aromatic rings. The molecule has 0 spiro atoms. The number of aliphatic hydroxyl groups excluding tert-OH is 1. The van der Waals surface area contributed by atoms with E-state index >= 15 is 4.39 Å². The summed E-state index contributed by atoms with van der Waals surface area (Å²) >= 11 is 7.39. The fourth-order valence-electron chi connectivity index (χ4n) is 3.12. The number of halogens is 3. The predicted molar refractivity (Wildman–Crippen MR) is 130 cm³/mol. The van der Waals surface area contributed by atoms with E-state index < -0.39 is 11.6 Å². The lowest BCUT2D eigenvalue weighted by Gasteiger charge is -2.14. The van der Waals surface area contributed by atoms with Crippen molar-refractivity contribution in [3.05, 3.63) is 82.3 Å². The van der Waals surface area contributed by atoms with Crippen molar-refractivity contribution in [2.75, 3.05) is 18.3 Å². The number of hydrogen-bond donors (Lipinski definition) is 3. The first-order valence-corrected chi connectivity index (χ1v) is 11.5. The summed E-state index contributed by atoms with van der Waals surface area (Å²) in [5, 5.41) is 19.5. The van der Waals surface area contributed by atoms with Crippen molar-refractivity contribution in [1.82, 2.24) is 20.2 Å². The molecule has 0 amide bonds. The van der Waals surface area contributed by atoms with Crippen LogP contribution in [0, 0.1) is 23.5 Å². The molecular weight excluding hydrogens is 496 g/mol. The molecule has 3 N–H and O–H groups in total. The number of nitrogens with zero attached hydrogens (tertiary/aromatic N) is 3. The third-order valence-corrected chi connectivity index (χ3v) is 5.90. The maximum absolute atomic E-state index is 15.0. The third kappa shape index (κ3) is 5.71. The highest BCUT2D eigenvalue weighted by Crippen LogP contribution is 2.36. The lowest BCUT2D eigenvalue weighted by molar-refractivity contribution is 0.272. The normalized spacial score (nSPS) is 10.5. The van der Waals surface area contributed by atoms with E-state index in [4.69, 9.17) is 16.3 Å². The number of methoxy groups -OCH3 is 1. The lowest BCUT2D eigenvalue weighted by Crippen LogP contribution is -2.04. The molecule has 178 valence electrons. The van der Waals surface area contributed by atoms with Crippen molar-refractivity contribution in [3.63, 3.8) is 0 Å². The van der Waals surface area contributed by atoms with Crippen LogP contribution in [0.15, 0.2) is 53.8 Å². The van der Waals surface area contributed by atoms with Crippen LogP contribution in [0.2, 0.25) is 5.02 Å². The summed E-state index contributed by atoms with van der Waals surface area (Å²) in [4.78, 5) is 9.01. The summed E-state index contributed by atoms with van der Waals surface area (Å²) in [5.41, 5.74) is 1.28. The largest absolute Gasteiger partial charge is 0.495 e. The van der Waals surface area contributed by atoms with E-state index in [-0.39, 0.29) is 23.7 Å². The van der Waals surface area contributed by atoms with Gasteiger partial charge in [-0.1, -0.05) is 23.4 Å². The van der Waals surface area contributed by atoms with Crippen LogP contribution in [0.5, 0.6) is 5.75 Å². The second-order valence-electron chi connectivity index (χ2n) is 7.02. The van der Waals surface area contributed by atoms with Crippen molar-refractivity contribution in [3.8, 4) is 29.1 Å². The molecule has 2 aromatic heterocycles. The molecule has 0 atom stereocenters. The van der Waals surface area contributed by atoms with E-state index in [0.29, 0.717) is 38.3 Å². The maximum Gasteiger partial charge on any atom is 0.177 e. The predicted octanol–water partition coefficient (Wildman–Crippen LogP) is 4.86. The van der Waals surface area contributed by atoms with E-state index in [9.17, 15) is 9.50 Å². The number of aromatic amines is 1. The highest BCUT2D eigenvalue weighted by atomic mass is 35.5. The Morgan fingerprint density at radius 3 is 2.66 bits per heavy atom. The molecule has 0 aliphatic carbocycles. The van der Waals surface area contributed by atoms with E-state index in [0.717, 1.165) is 6.07 Å². The maximum atomic E-state index is 15.0. The molecule has 0 aliphatic rings. The van der Waals surface area contributed by atoms with Gasteiger partial charge in [0.2, 0.25) is 0 Å².